The van der Waals surface area contributed by atoms with E-state index >= 15 is 0 Å². The van der Waals surface area contributed by atoms with E-state index in [9.17, 15) is 9.90 Å². The molecule has 1 fully saturated rings. The number of hydrogen-bond donors (Lipinski definition) is 1. The molecular weight excluding hydrogens is 314 g/mol. The third-order valence-corrected chi connectivity index (χ3v) is 4.73. The lowest BCUT2D eigenvalue weighted by molar-refractivity contribution is 0.0501. The summed E-state index contributed by atoms with van der Waals surface area (Å²) in [5, 5.41) is 10.9. The highest BCUT2D eigenvalue weighted by Gasteiger charge is 2.20. The Morgan fingerprint density at radius 1 is 1.35 bits per heavy atom. The number of rotatable bonds is 5. The van der Waals surface area contributed by atoms with Crippen LogP contribution in [0, 0.1) is 6.92 Å². The van der Waals surface area contributed by atoms with Gasteiger partial charge < -0.3 is 14.9 Å². The SMILES string of the molecule is Cc1cc(C(=O)N(C)CC(O)CN2CCN(C)CC2)ccc1Cl. The van der Waals surface area contributed by atoms with Crippen LogP contribution >= 0.6 is 11.6 Å². The summed E-state index contributed by atoms with van der Waals surface area (Å²) in [5.74, 6) is -0.0952. The zero-order valence-corrected chi connectivity index (χ0v) is 14.9. The first kappa shape index (κ1) is 18.2. The van der Waals surface area contributed by atoms with Gasteiger partial charge in [-0.2, -0.15) is 0 Å². The van der Waals surface area contributed by atoms with Gasteiger partial charge in [0, 0.05) is 56.9 Å². The lowest BCUT2D eigenvalue weighted by Gasteiger charge is -2.34. The molecule has 1 unspecified atom stereocenters. The summed E-state index contributed by atoms with van der Waals surface area (Å²) < 4.78 is 0. The van der Waals surface area contributed by atoms with Gasteiger partial charge in [0.2, 0.25) is 0 Å². The third kappa shape index (κ3) is 5.18. The second-order valence-corrected chi connectivity index (χ2v) is 6.81. The Hall–Kier alpha value is -1.14. The first-order chi connectivity index (χ1) is 10.9. The molecule has 0 saturated carbocycles. The van der Waals surface area contributed by atoms with E-state index in [0.717, 1.165) is 31.7 Å². The van der Waals surface area contributed by atoms with Crippen molar-refractivity contribution >= 4 is 17.5 Å². The largest absolute Gasteiger partial charge is 0.390 e. The molecule has 0 radical (unpaired) electrons. The molecule has 1 heterocycles. The number of halogens is 1. The van der Waals surface area contributed by atoms with E-state index in [-0.39, 0.29) is 5.91 Å². The van der Waals surface area contributed by atoms with E-state index in [1.54, 1.807) is 30.1 Å². The van der Waals surface area contributed by atoms with Crippen LogP contribution in [0.1, 0.15) is 15.9 Å². The molecule has 1 aromatic carbocycles. The highest BCUT2D eigenvalue weighted by molar-refractivity contribution is 6.31. The smallest absolute Gasteiger partial charge is 0.253 e. The van der Waals surface area contributed by atoms with Crippen LogP contribution < -0.4 is 0 Å². The Morgan fingerprint density at radius 2 is 2.00 bits per heavy atom. The molecule has 23 heavy (non-hydrogen) atoms. The van der Waals surface area contributed by atoms with E-state index in [0.29, 0.717) is 23.7 Å². The number of aryl methyl sites for hydroxylation is 1. The van der Waals surface area contributed by atoms with Crippen LogP contribution in [0.2, 0.25) is 5.02 Å². The standard InChI is InChI=1S/C17H26ClN3O2/c1-13-10-14(4-5-16(13)18)17(23)20(3)11-15(22)12-21-8-6-19(2)7-9-21/h4-5,10,15,22H,6-9,11-12H2,1-3H3. The molecule has 128 valence electrons. The maximum atomic E-state index is 12.4. The zero-order chi connectivity index (χ0) is 17.0. The van der Waals surface area contributed by atoms with Crippen molar-refractivity contribution < 1.29 is 9.90 Å². The van der Waals surface area contributed by atoms with Crippen molar-refractivity contribution in [3.8, 4) is 0 Å². The quantitative estimate of drug-likeness (QED) is 0.879. The van der Waals surface area contributed by atoms with Crippen molar-refractivity contribution in [3.05, 3.63) is 34.3 Å². The van der Waals surface area contributed by atoms with Crippen LogP contribution in [0.4, 0.5) is 0 Å². The summed E-state index contributed by atoms with van der Waals surface area (Å²) in [6, 6.07) is 5.24. The molecule has 1 N–H and O–H groups in total. The summed E-state index contributed by atoms with van der Waals surface area (Å²) in [5.41, 5.74) is 1.48. The molecule has 1 atom stereocenters. The van der Waals surface area contributed by atoms with Gasteiger partial charge in [-0.3, -0.25) is 9.69 Å². The number of carbonyl (C=O) groups excluding carboxylic acids is 1. The lowest BCUT2D eigenvalue weighted by Crippen LogP contribution is -2.49. The number of amides is 1. The molecule has 1 saturated heterocycles. The summed E-state index contributed by atoms with van der Waals surface area (Å²) in [4.78, 5) is 18.5. The van der Waals surface area contributed by atoms with Crippen molar-refractivity contribution in [2.24, 2.45) is 0 Å². The Labute approximate surface area is 143 Å². The molecule has 0 aromatic heterocycles. The van der Waals surface area contributed by atoms with Crippen LogP contribution in [0.3, 0.4) is 0 Å². The number of aliphatic hydroxyl groups excluding tert-OH is 1. The van der Waals surface area contributed by atoms with Crippen LogP contribution in [-0.4, -0.2) is 85.2 Å². The summed E-state index contributed by atoms with van der Waals surface area (Å²) in [7, 11) is 3.83. The predicted molar refractivity (Wildman–Crippen MR) is 93.1 cm³/mol. The summed E-state index contributed by atoms with van der Waals surface area (Å²) >= 11 is 5.99. The van der Waals surface area contributed by atoms with Gasteiger partial charge >= 0.3 is 0 Å². The fourth-order valence-corrected chi connectivity index (χ4v) is 2.90. The fraction of sp³-hybridized carbons (Fsp3) is 0.588. The van der Waals surface area contributed by atoms with Gasteiger partial charge in [0.05, 0.1) is 6.10 Å². The topological polar surface area (TPSA) is 47.0 Å². The van der Waals surface area contributed by atoms with E-state index in [1.807, 2.05) is 6.92 Å². The molecule has 0 aliphatic carbocycles. The van der Waals surface area contributed by atoms with Gasteiger partial charge in [-0.15, -0.1) is 0 Å². The van der Waals surface area contributed by atoms with Crippen molar-refractivity contribution in [1.82, 2.24) is 14.7 Å². The number of benzene rings is 1. The molecule has 1 aliphatic heterocycles. The second kappa shape index (κ2) is 8.11. The number of nitrogens with zero attached hydrogens (tertiary/aromatic N) is 3. The van der Waals surface area contributed by atoms with Crippen LogP contribution in [0.5, 0.6) is 0 Å². The average Bonchev–Trinajstić information content (AvgIpc) is 2.51. The van der Waals surface area contributed by atoms with Crippen LogP contribution in [-0.2, 0) is 0 Å². The first-order valence-electron chi connectivity index (χ1n) is 7.97. The fourth-order valence-electron chi connectivity index (χ4n) is 2.78. The molecule has 1 aliphatic rings. The van der Waals surface area contributed by atoms with E-state index in [4.69, 9.17) is 11.6 Å². The molecule has 0 spiro atoms. The van der Waals surface area contributed by atoms with Crippen LogP contribution in [0.15, 0.2) is 18.2 Å². The van der Waals surface area contributed by atoms with Crippen molar-refractivity contribution in [3.63, 3.8) is 0 Å². The van der Waals surface area contributed by atoms with Gasteiger partial charge in [-0.1, -0.05) is 11.6 Å². The minimum atomic E-state index is -0.541. The lowest BCUT2D eigenvalue weighted by atomic mass is 10.1. The number of β-amino-alcohol motifs (C(OH)–C–C–N with tert-alkyl or cyclic N) is 1. The number of hydrogen-bond acceptors (Lipinski definition) is 4. The van der Waals surface area contributed by atoms with Crippen molar-refractivity contribution in [2.45, 2.75) is 13.0 Å². The predicted octanol–water partition coefficient (Wildman–Crippen LogP) is 1.33. The van der Waals surface area contributed by atoms with Gasteiger partial charge in [-0.25, -0.2) is 0 Å². The van der Waals surface area contributed by atoms with E-state index in [2.05, 4.69) is 16.8 Å². The molecular formula is C17H26ClN3O2. The van der Waals surface area contributed by atoms with Crippen molar-refractivity contribution in [2.75, 3.05) is 53.4 Å². The highest BCUT2D eigenvalue weighted by Crippen LogP contribution is 2.17. The number of aliphatic hydroxyl groups is 1. The summed E-state index contributed by atoms with van der Waals surface area (Å²) in [6.45, 7) is 6.76. The highest BCUT2D eigenvalue weighted by atomic mass is 35.5. The first-order valence-corrected chi connectivity index (χ1v) is 8.35. The molecule has 1 aromatic rings. The number of carbonyl (C=O) groups is 1. The summed E-state index contributed by atoms with van der Waals surface area (Å²) in [6.07, 6.45) is -0.541. The minimum absolute atomic E-state index is 0.0952. The van der Waals surface area contributed by atoms with Crippen LogP contribution in [0.25, 0.3) is 0 Å². The number of piperazine rings is 1. The molecule has 2 rings (SSSR count). The van der Waals surface area contributed by atoms with Gasteiger partial charge in [-0.05, 0) is 37.7 Å². The number of likely N-dealkylation sites (N-methyl/N-ethyl adjacent to an activating group) is 2. The molecule has 5 nitrogen and oxygen atoms in total. The molecule has 6 heteroatoms. The average molecular weight is 340 g/mol. The Kier molecular flexibility index (Phi) is 6.41. The minimum Gasteiger partial charge on any atom is -0.390 e. The zero-order valence-electron chi connectivity index (χ0n) is 14.1. The molecule has 0 bridgehead atoms. The van der Waals surface area contributed by atoms with Gasteiger partial charge in [0.15, 0.2) is 0 Å². The maximum Gasteiger partial charge on any atom is 0.253 e. The van der Waals surface area contributed by atoms with E-state index in [1.165, 1.54) is 0 Å². The van der Waals surface area contributed by atoms with E-state index < -0.39 is 6.10 Å². The normalized spacial score (nSPS) is 18.0. The monoisotopic (exact) mass is 339 g/mol. The Morgan fingerprint density at radius 3 is 2.61 bits per heavy atom. The van der Waals surface area contributed by atoms with Crippen molar-refractivity contribution in [1.29, 1.82) is 0 Å². The molecule has 1 amide bonds. The Bertz CT molecular complexity index is 545. The maximum absolute atomic E-state index is 12.4. The van der Waals surface area contributed by atoms with Gasteiger partial charge in [0.25, 0.3) is 5.91 Å². The van der Waals surface area contributed by atoms with Gasteiger partial charge in [0.1, 0.15) is 0 Å². The second-order valence-electron chi connectivity index (χ2n) is 6.41. The third-order valence-electron chi connectivity index (χ3n) is 4.30. The Balaban J connectivity index is 1.86.